The Morgan fingerprint density at radius 1 is 0.275 bits per heavy atom. The smallest absolute Gasteiger partial charge is 0.306 e. The lowest BCUT2D eigenvalue weighted by Gasteiger charge is -2.18. The molecule has 0 spiro atoms. The Bertz CT molecular complexity index is 1070. The van der Waals surface area contributed by atoms with Gasteiger partial charge in [0.2, 0.25) is 0 Å². The third kappa shape index (κ3) is 56.9. The van der Waals surface area contributed by atoms with Crippen molar-refractivity contribution in [1.29, 1.82) is 0 Å². The van der Waals surface area contributed by atoms with Gasteiger partial charge in [0.05, 0.1) is 0 Å². The van der Waals surface area contributed by atoms with E-state index in [1.54, 1.807) is 0 Å². The standard InChI is InChI=1S/C63H120O6/c1-4-7-10-13-16-19-22-25-27-29-30-31-32-34-35-38-41-44-47-50-53-56-62(65)68-59-60(58-67-61(64)55-52-49-46-43-40-37-24-21-18-15-12-9-6-3)69-63(66)57-54-51-48-45-42-39-36-33-28-26-23-20-17-14-11-8-5-2/h26,28,60H,4-25,27,29-59H2,1-3H3/b28-26-. The monoisotopic (exact) mass is 973 g/mol. The van der Waals surface area contributed by atoms with Gasteiger partial charge in [-0.15, -0.1) is 0 Å². The number of unbranched alkanes of at least 4 members (excludes halogenated alkanes) is 45. The van der Waals surface area contributed by atoms with Crippen LogP contribution < -0.4 is 0 Å². The van der Waals surface area contributed by atoms with Crippen LogP contribution in [0.3, 0.4) is 0 Å². The highest BCUT2D eigenvalue weighted by Crippen LogP contribution is 2.18. The molecule has 0 saturated carbocycles. The van der Waals surface area contributed by atoms with Crippen LogP contribution in [-0.4, -0.2) is 37.2 Å². The molecule has 0 rings (SSSR count). The molecule has 69 heavy (non-hydrogen) atoms. The van der Waals surface area contributed by atoms with Crippen molar-refractivity contribution in [2.24, 2.45) is 0 Å². The van der Waals surface area contributed by atoms with Crippen LogP contribution in [0.4, 0.5) is 0 Å². The molecule has 0 N–H and O–H groups in total. The van der Waals surface area contributed by atoms with E-state index in [0.29, 0.717) is 19.3 Å². The summed E-state index contributed by atoms with van der Waals surface area (Å²) >= 11 is 0. The summed E-state index contributed by atoms with van der Waals surface area (Å²) in [5, 5.41) is 0. The van der Waals surface area contributed by atoms with Crippen molar-refractivity contribution in [2.45, 2.75) is 361 Å². The predicted molar refractivity (Wildman–Crippen MR) is 298 cm³/mol. The number of carbonyl (C=O) groups is 3. The van der Waals surface area contributed by atoms with Crippen LogP contribution in [0.5, 0.6) is 0 Å². The summed E-state index contributed by atoms with van der Waals surface area (Å²) in [7, 11) is 0. The van der Waals surface area contributed by atoms with Crippen molar-refractivity contribution in [2.75, 3.05) is 13.2 Å². The van der Waals surface area contributed by atoms with Gasteiger partial charge in [-0.3, -0.25) is 14.4 Å². The molecule has 0 bridgehead atoms. The fourth-order valence-electron chi connectivity index (χ4n) is 9.56. The Balaban J connectivity index is 4.26. The quantitative estimate of drug-likeness (QED) is 0.0261. The van der Waals surface area contributed by atoms with Crippen molar-refractivity contribution in [1.82, 2.24) is 0 Å². The average Bonchev–Trinajstić information content (AvgIpc) is 3.35. The van der Waals surface area contributed by atoms with Gasteiger partial charge in [0.15, 0.2) is 6.10 Å². The van der Waals surface area contributed by atoms with Gasteiger partial charge in [0.25, 0.3) is 0 Å². The summed E-state index contributed by atoms with van der Waals surface area (Å²) in [5.41, 5.74) is 0. The van der Waals surface area contributed by atoms with Crippen molar-refractivity contribution in [3.8, 4) is 0 Å². The Morgan fingerprint density at radius 3 is 0.725 bits per heavy atom. The van der Waals surface area contributed by atoms with Gasteiger partial charge in [-0.05, 0) is 44.9 Å². The third-order valence-electron chi connectivity index (χ3n) is 14.3. The second-order valence-electron chi connectivity index (χ2n) is 21.3. The molecule has 0 aromatic heterocycles. The van der Waals surface area contributed by atoms with Crippen LogP contribution in [-0.2, 0) is 28.6 Å². The second kappa shape index (κ2) is 58.7. The van der Waals surface area contributed by atoms with Crippen LogP contribution in [0.1, 0.15) is 355 Å². The topological polar surface area (TPSA) is 78.9 Å². The van der Waals surface area contributed by atoms with Gasteiger partial charge < -0.3 is 14.2 Å². The molecule has 0 aliphatic rings. The van der Waals surface area contributed by atoms with E-state index in [4.69, 9.17) is 14.2 Å². The van der Waals surface area contributed by atoms with E-state index in [1.165, 1.54) is 257 Å². The van der Waals surface area contributed by atoms with Crippen LogP contribution in [0.2, 0.25) is 0 Å². The second-order valence-corrected chi connectivity index (χ2v) is 21.3. The van der Waals surface area contributed by atoms with Crippen LogP contribution in [0.15, 0.2) is 12.2 Å². The van der Waals surface area contributed by atoms with E-state index in [-0.39, 0.29) is 31.1 Å². The first kappa shape index (κ1) is 67.1. The summed E-state index contributed by atoms with van der Waals surface area (Å²) in [4.78, 5) is 38.2. The van der Waals surface area contributed by atoms with E-state index >= 15 is 0 Å². The minimum absolute atomic E-state index is 0.0654. The highest BCUT2D eigenvalue weighted by molar-refractivity contribution is 5.71. The number of hydrogen-bond acceptors (Lipinski definition) is 6. The molecule has 6 heteroatoms. The largest absolute Gasteiger partial charge is 0.462 e. The summed E-state index contributed by atoms with van der Waals surface area (Å²) in [6, 6.07) is 0. The van der Waals surface area contributed by atoms with Crippen LogP contribution in [0, 0.1) is 0 Å². The first-order valence-electron chi connectivity index (χ1n) is 31.2. The highest BCUT2D eigenvalue weighted by Gasteiger charge is 2.19. The van der Waals surface area contributed by atoms with E-state index in [1.807, 2.05) is 0 Å². The van der Waals surface area contributed by atoms with E-state index < -0.39 is 6.10 Å². The molecule has 0 amide bonds. The van der Waals surface area contributed by atoms with E-state index in [0.717, 1.165) is 57.8 Å². The predicted octanol–water partition coefficient (Wildman–Crippen LogP) is 20.9. The van der Waals surface area contributed by atoms with Crippen molar-refractivity contribution >= 4 is 17.9 Å². The van der Waals surface area contributed by atoms with Gasteiger partial charge in [-0.2, -0.15) is 0 Å². The lowest BCUT2D eigenvalue weighted by molar-refractivity contribution is -0.167. The average molecular weight is 974 g/mol. The number of allylic oxidation sites excluding steroid dienone is 2. The Labute approximate surface area is 431 Å². The summed E-state index contributed by atoms with van der Waals surface area (Å²) in [6.45, 7) is 6.70. The van der Waals surface area contributed by atoms with Crippen molar-refractivity contribution in [3.63, 3.8) is 0 Å². The molecular formula is C63H120O6. The maximum Gasteiger partial charge on any atom is 0.306 e. The maximum atomic E-state index is 12.9. The Kier molecular flexibility index (Phi) is 57.1. The molecule has 0 heterocycles. The van der Waals surface area contributed by atoms with Crippen molar-refractivity contribution < 1.29 is 28.6 Å². The van der Waals surface area contributed by atoms with Crippen LogP contribution in [0.25, 0.3) is 0 Å². The molecule has 0 aromatic rings. The molecule has 0 radical (unpaired) electrons. The number of ether oxygens (including phenoxy) is 3. The number of rotatable bonds is 58. The SMILES string of the molecule is CCCCCCCC/C=C\CCCCCCCCCC(=O)OC(COC(=O)CCCCCCCCCCCCCCC)COC(=O)CCCCCCCCCCCCCCCCCCCCCCC. The maximum absolute atomic E-state index is 12.9. The molecule has 408 valence electrons. The molecule has 1 unspecified atom stereocenters. The zero-order valence-electron chi connectivity index (χ0n) is 46.9. The highest BCUT2D eigenvalue weighted by atomic mass is 16.6. The first-order valence-corrected chi connectivity index (χ1v) is 31.2. The fraction of sp³-hybridized carbons (Fsp3) is 0.921. The van der Waals surface area contributed by atoms with Gasteiger partial charge in [0.1, 0.15) is 13.2 Å². The minimum Gasteiger partial charge on any atom is -0.462 e. The van der Waals surface area contributed by atoms with Gasteiger partial charge >= 0.3 is 17.9 Å². The first-order chi connectivity index (χ1) is 34.0. The normalized spacial score (nSPS) is 12.0. The molecule has 0 aliphatic carbocycles. The fourth-order valence-corrected chi connectivity index (χ4v) is 9.56. The number of esters is 3. The third-order valence-corrected chi connectivity index (χ3v) is 14.3. The van der Waals surface area contributed by atoms with Gasteiger partial charge in [-0.25, -0.2) is 0 Å². The van der Waals surface area contributed by atoms with E-state index in [9.17, 15) is 14.4 Å². The Morgan fingerprint density at radius 2 is 0.478 bits per heavy atom. The Hall–Kier alpha value is -1.85. The molecule has 0 fully saturated rings. The van der Waals surface area contributed by atoms with Gasteiger partial charge in [0, 0.05) is 19.3 Å². The summed E-state index contributed by atoms with van der Waals surface area (Å²) < 4.78 is 16.9. The minimum atomic E-state index is -0.767. The van der Waals surface area contributed by atoms with Crippen molar-refractivity contribution in [3.05, 3.63) is 12.2 Å². The molecule has 0 aliphatic heterocycles. The summed E-state index contributed by atoms with van der Waals surface area (Å²) in [6.07, 6.45) is 67.8. The number of hydrogen-bond donors (Lipinski definition) is 0. The zero-order chi connectivity index (χ0) is 50.0. The zero-order valence-corrected chi connectivity index (χ0v) is 46.9. The molecule has 0 saturated heterocycles. The number of carbonyl (C=O) groups excluding carboxylic acids is 3. The van der Waals surface area contributed by atoms with Crippen LogP contribution >= 0.6 is 0 Å². The summed E-state index contributed by atoms with van der Waals surface area (Å²) in [5.74, 6) is -0.841. The molecule has 0 aromatic carbocycles. The lowest BCUT2D eigenvalue weighted by atomic mass is 10.0. The molecular weight excluding hydrogens is 853 g/mol. The molecule has 6 nitrogen and oxygen atoms in total. The lowest BCUT2D eigenvalue weighted by Crippen LogP contribution is -2.30. The van der Waals surface area contributed by atoms with Gasteiger partial charge in [-0.1, -0.05) is 303 Å². The van der Waals surface area contributed by atoms with E-state index in [2.05, 4.69) is 32.9 Å². The molecule has 1 atom stereocenters.